The average Bonchev–Trinajstić information content (AvgIpc) is 2.34. The highest BCUT2D eigenvalue weighted by Crippen LogP contribution is 2.14. The van der Waals surface area contributed by atoms with Gasteiger partial charge in [0.05, 0.1) is 26.4 Å². The lowest BCUT2D eigenvalue weighted by molar-refractivity contribution is 0.125. The van der Waals surface area contributed by atoms with Crippen LogP contribution in [0.1, 0.15) is 18.9 Å². The minimum atomic E-state index is -0.390. The van der Waals surface area contributed by atoms with Gasteiger partial charge in [-0.2, -0.15) is 0 Å². The second-order valence-corrected chi connectivity index (χ2v) is 5.39. The van der Waals surface area contributed by atoms with Crippen LogP contribution in [0.2, 0.25) is 0 Å². The minimum absolute atomic E-state index is 0.390. The molecule has 0 bridgehead atoms. The summed E-state index contributed by atoms with van der Waals surface area (Å²) in [5, 5.41) is 9.17. The van der Waals surface area contributed by atoms with Crippen LogP contribution in [0.25, 0.3) is 0 Å². The Bertz CT molecular complexity index is 371. The van der Waals surface area contributed by atoms with E-state index in [1.807, 2.05) is 30.3 Å². The van der Waals surface area contributed by atoms with E-state index in [0.717, 1.165) is 21.3 Å². The largest absolute Gasteiger partial charge is 0.497 e. The SMILES string of the molecule is COc1ccc(COCC/C(I)=C/[C@@H](C)O)cc1. The number of rotatable bonds is 7. The maximum absolute atomic E-state index is 9.17. The summed E-state index contributed by atoms with van der Waals surface area (Å²) in [6.45, 7) is 3.01. The van der Waals surface area contributed by atoms with E-state index < -0.39 is 6.10 Å². The minimum Gasteiger partial charge on any atom is -0.497 e. The summed E-state index contributed by atoms with van der Waals surface area (Å²) in [4.78, 5) is 0. The predicted molar refractivity (Wildman–Crippen MR) is 81.1 cm³/mol. The molecule has 3 nitrogen and oxygen atoms in total. The Balaban J connectivity index is 2.25. The van der Waals surface area contributed by atoms with Gasteiger partial charge in [0.15, 0.2) is 0 Å². The predicted octanol–water partition coefficient (Wildman–Crippen LogP) is 3.30. The van der Waals surface area contributed by atoms with Crippen molar-refractivity contribution in [1.82, 2.24) is 0 Å². The van der Waals surface area contributed by atoms with Crippen molar-refractivity contribution in [2.75, 3.05) is 13.7 Å². The van der Waals surface area contributed by atoms with Crippen molar-refractivity contribution < 1.29 is 14.6 Å². The third kappa shape index (κ3) is 6.37. The lowest BCUT2D eigenvalue weighted by Crippen LogP contribution is -1.98. The van der Waals surface area contributed by atoms with Crippen molar-refractivity contribution >= 4 is 22.6 Å². The molecule has 0 heterocycles. The van der Waals surface area contributed by atoms with Gasteiger partial charge in [0.25, 0.3) is 0 Å². The lowest BCUT2D eigenvalue weighted by atomic mass is 10.2. The number of benzene rings is 1. The van der Waals surface area contributed by atoms with Crippen molar-refractivity contribution in [2.24, 2.45) is 0 Å². The highest BCUT2D eigenvalue weighted by Gasteiger charge is 1.98. The van der Waals surface area contributed by atoms with Gasteiger partial charge in [0.1, 0.15) is 5.75 Å². The second kappa shape index (κ2) is 8.50. The molecule has 1 atom stereocenters. The molecule has 0 aromatic heterocycles. The molecule has 0 saturated heterocycles. The van der Waals surface area contributed by atoms with E-state index in [1.54, 1.807) is 14.0 Å². The zero-order chi connectivity index (χ0) is 13.4. The van der Waals surface area contributed by atoms with E-state index >= 15 is 0 Å². The van der Waals surface area contributed by atoms with Crippen LogP contribution < -0.4 is 4.74 Å². The summed E-state index contributed by atoms with van der Waals surface area (Å²) in [6, 6.07) is 7.84. The first kappa shape index (κ1) is 15.5. The van der Waals surface area contributed by atoms with Crippen LogP contribution in [-0.4, -0.2) is 24.9 Å². The summed E-state index contributed by atoms with van der Waals surface area (Å²) in [5.41, 5.74) is 1.13. The molecule has 1 aromatic rings. The van der Waals surface area contributed by atoms with Gasteiger partial charge in [-0.3, -0.25) is 0 Å². The molecular formula is C14H19IO3. The molecule has 0 aliphatic rings. The van der Waals surface area contributed by atoms with Crippen LogP contribution in [0.3, 0.4) is 0 Å². The molecule has 1 N–H and O–H groups in total. The second-order valence-electron chi connectivity index (χ2n) is 4.00. The molecule has 0 radical (unpaired) electrons. The average molecular weight is 362 g/mol. The summed E-state index contributed by atoms with van der Waals surface area (Å²) >= 11 is 2.23. The van der Waals surface area contributed by atoms with Crippen LogP contribution in [-0.2, 0) is 11.3 Å². The first-order valence-corrected chi connectivity index (χ1v) is 6.94. The third-order valence-corrected chi connectivity index (χ3v) is 3.23. The Morgan fingerprint density at radius 3 is 2.61 bits per heavy atom. The van der Waals surface area contributed by atoms with Gasteiger partial charge in [-0.05, 0) is 56.9 Å². The smallest absolute Gasteiger partial charge is 0.118 e. The molecule has 100 valence electrons. The van der Waals surface area contributed by atoms with E-state index in [1.165, 1.54) is 0 Å². The van der Waals surface area contributed by atoms with Crippen molar-refractivity contribution in [3.05, 3.63) is 39.5 Å². The summed E-state index contributed by atoms with van der Waals surface area (Å²) in [7, 11) is 1.65. The van der Waals surface area contributed by atoms with Gasteiger partial charge in [0.2, 0.25) is 0 Å². The zero-order valence-electron chi connectivity index (χ0n) is 10.7. The molecule has 0 spiro atoms. The fraction of sp³-hybridized carbons (Fsp3) is 0.429. The first-order valence-electron chi connectivity index (χ1n) is 5.86. The van der Waals surface area contributed by atoms with Gasteiger partial charge < -0.3 is 14.6 Å². The lowest BCUT2D eigenvalue weighted by Gasteiger charge is -2.06. The van der Waals surface area contributed by atoms with Gasteiger partial charge >= 0.3 is 0 Å². The number of hydrogen-bond donors (Lipinski definition) is 1. The molecule has 18 heavy (non-hydrogen) atoms. The number of aliphatic hydroxyl groups is 1. The maximum Gasteiger partial charge on any atom is 0.118 e. The van der Waals surface area contributed by atoms with Crippen LogP contribution in [0.5, 0.6) is 5.75 Å². The van der Waals surface area contributed by atoms with Crippen LogP contribution in [0.15, 0.2) is 33.9 Å². The molecule has 4 heteroatoms. The topological polar surface area (TPSA) is 38.7 Å². The molecule has 0 unspecified atom stereocenters. The molecule has 0 aliphatic heterocycles. The Hall–Kier alpha value is -0.590. The molecule has 0 aliphatic carbocycles. The summed E-state index contributed by atoms with van der Waals surface area (Å²) in [6.07, 6.45) is 2.28. The quantitative estimate of drug-likeness (QED) is 0.598. The number of ether oxygens (including phenoxy) is 2. The highest BCUT2D eigenvalue weighted by molar-refractivity contribution is 14.1. The Labute approximate surface area is 122 Å². The molecule has 0 saturated carbocycles. The number of halogens is 1. The third-order valence-electron chi connectivity index (χ3n) is 2.34. The Kier molecular flexibility index (Phi) is 7.31. The first-order chi connectivity index (χ1) is 8.61. The fourth-order valence-electron chi connectivity index (χ4n) is 1.43. The van der Waals surface area contributed by atoms with Gasteiger partial charge in [0, 0.05) is 6.42 Å². The Morgan fingerprint density at radius 1 is 1.39 bits per heavy atom. The maximum atomic E-state index is 9.17. The van der Waals surface area contributed by atoms with Crippen LogP contribution in [0.4, 0.5) is 0 Å². The molecular weight excluding hydrogens is 343 g/mol. The Morgan fingerprint density at radius 2 is 2.06 bits per heavy atom. The van der Waals surface area contributed by atoms with Crippen molar-refractivity contribution in [1.29, 1.82) is 0 Å². The number of hydrogen-bond acceptors (Lipinski definition) is 3. The van der Waals surface area contributed by atoms with Gasteiger partial charge in [-0.25, -0.2) is 0 Å². The molecule has 1 rings (SSSR count). The molecule has 0 amide bonds. The van der Waals surface area contributed by atoms with Gasteiger partial charge in [-0.15, -0.1) is 0 Å². The van der Waals surface area contributed by atoms with Crippen LogP contribution >= 0.6 is 22.6 Å². The fourth-order valence-corrected chi connectivity index (χ4v) is 2.17. The number of aliphatic hydroxyl groups excluding tert-OH is 1. The van der Waals surface area contributed by atoms with Crippen molar-refractivity contribution in [3.63, 3.8) is 0 Å². The van der Waals surface area contributed by atoms with E-state index in [-0.39, 0.29) is 0 Å². The normalized spacial score (nSPS) is 13.4. The van der Waals surface area contributed by atoms with E-state index in [4.69, 9.17) is 9.47 Å². The zero-order valence-corrected chi connectivity index (χ0v) is 12.9. The van der Waals surface area contributed by atoms with Crippen molar-refractivity contribution in [3.8, 4) is 5.75 Å². The van der Waals surface area contributed by atoms with Crippen LogP contribution in [0, 0.1) is 0 Å². The number of methoxy groups -OCH3 is 1. The monoisotopic (exact) mass is 362 g/mol. The molecule has 1 aromatic carbocycles. The van der Waals surface area contributed by atoms with E-state index in [9.17, 15) is 5.11 Å². The van der Waals surface area contributed by atoms with Crippen molar-refractivity contribution in [2.45, 2.75) is 26.1 Å². The summed E-state index contributed by atoms with van der Waals surface area (Å²) in [5.74, 6) is 0.855. The van der Waals surface area contributed by atoms with E-state index in [2.05, 4.69) is 22.6 Å². The van der Waals surface area contributed by atoms with E-state index in [0.29, 0.717) is 13.2 Å². The highest BCUT2D eigenvalue weighted by atomic mass is 127. The summed E-state index contributed by atoms with van der Waals surface area (Å²) < 4.78 is 11.8. The standard InChI is InChI=1S/C14H19IO3/c1-11(16)9-13(15)7-8-18-10-12-3-5-14(17-2)6-4-12/h3-6,9,11,16H,7-8,10H2,1-2H3/b13-9-/t11-/m1/s1. The van der Waals surface area contributed by atoms with Gasteiger partial charge in [-0.1, -0.05) is 12.1 Å². The molecule has 0 fully saturated rings.